The highest BCUT2D eigenvalue weighted by Crippen LogP contribution is 2.09. The lowest BCUT2D eigenvalue weighted by atomic mass is 10.3. The maximum Gasteiger partial charge on any atom is 0.263 e. The number of hydrogen-bond donors (Lipinski definition) is 1. The van der Waals surface area contributed by atoms with Crippen LogP contribution in [0.4, 0.5) is 0 Å². The molecule has 22 heavy (non-hydrogen) atoms. The minimum Gasteiger partial charge on any atom is -0.383 e. The van der Waals surface area contributed by atoms with Gasteiger partial charge in [-0.25, -0.2) is 4.98 Å². The van der Waals surface area contributed by atoms with Gasteiger partial charge in [0.2, 0.25) is 6.10 Å². The van der Waals surface area contributed by atoms with Gasteiger partial charge in [0.05, 0.1) is 5.71 Å². The van der Waals surface area contributed by atoms with Crippen LogP contribution in [0.5, 0.6) is 0 Å². The van der Waals surface area contributed by atoms with Crippen LogP contribution in [0.25, 0.3) is 5.65 Å². The summed E-state index contributed by atoms with van der Waals surface area (Å²) in [7, 11) is 0. The quantitative estimate of drug-likeness (QED) is 0.656. The van der Waals surface area contributed by atoms with Gasteiger partial charge in [0.15, 0.2) is 0 Å². The van der Waals surface area contributed by atoms with Gasteiger partial charge in [-0.3, -0.25) is 4.79 Å². The van der Waals surface area contributed by atoms with Gasteiger partial charge in [0.1, 0.15) is 5.65 Å². The predicted molar refractivity (Wildman–Crippen MR) is 86.0 cm³/mol. The number of nitrogens with one attached hydrogen (secondary N) is 1. The van der Waals surface area contributed by atoms with Crippen molar-refractivity contribution >= 4 is 17.3 Å². The molecule has 0 aliphatic carbocycles. The second-order valence-corrected chi connectivity index (χ2v) is 5.51. The highest BCUT2D eigenvalue weighted by molar-refractivity contribution is 5.81. The van der Waals surface area contributed by atoms with E-state index in [1.165, 1.54) is 5.56 Å². The molecule has 0 aliphatic heterocycles. The largest absolute Gasteiger partial charge is 0.383 e. The lowest BCUT2D eigenvalue weighted by molar-refractivity contribution is -0.131. The normalized spacial score (nSPS) is 12.0. The zero-order valence-corrected chi connectivity index (χ0v) is 13.5. The average molecular weight is 302 g/mol. The van der Waals surface area contributed by atoms with Crippen molar-refractivity contribution in [2.75, 3.05) is 6.54 Å². The van der Waals surface area contributed by atoms with Crippen LogP contribution < -0.4 is 5.32 Å². The van der Waals surface area contributed by atoms with Crippen molar-refractivity contribution in [2.45, 2.75) is 40.2 Å². The maximum atomic E-state index is 11.9. The maximum absolute atomic E-state index is 11.9. The number of rotatable bonds is 6. The van der Waals surface area contributed by atoms with E-state index in [0.29, 0.717) is 13.0 Å². The summed E-state index contributed by atoms with van der Waals surface area (Å²) in [5.41, 5.74) is 3.94. The van der Waals surface area contributed by atoms with Gasteiger partial charge in [0.25, 0.3) is 5.91 Å². The number of hydrogen-bond acceptors (Lipinski definition) is 4. The van der Waals surface area contributed by atoms with Gasteiger partial charge in [-0.05, 0) is 45.4 Å². The smallest absolute Gasteiger partial charge is 0.263 e. The molecule has 1 unspecified atom stereocenters. The molecule has 2 heterocycles. The van der Waals surface area contributed by atoms with E-state index in [2.05, 4.69) is 15.5 Å². The van der Waals surface area contributed by atoms with Crippen LogP contribution in [0.2, 0.25) is 0 Å². The molecule has 6 nitrogen and oxygen atoms in total. The average Bonchev–Trinajstić information content (AvgIpc) is 2.86. The monoisotopic (exact) mass is 302 g/mol. The summed E-state index contributed by atoms with van der Waals surface area (Å²) in [5.74, 6) is -0.172. The van der Waals surface area contributed by atoms with E-state index in [4.69, 9.17) is 4.84 Å². The summed E-state index contributed by atoms with van der Waals surface area (Å²) < 4.78 is 2.03. The Morgan fingerprint density at radius 2 is 2.27 bits per heavy atom. The fraction of sp³-hybridized carbons (Fsp3) is 0.438. The molecule has 0 spiro atoms. The van der Waals surface area contributed by atoms with Crippen molar-refractivity contribution in [3.05, 3.63) is 35.8 Å². The molecule has 2 aromatic heterocycles. The van der Waals surface area contributed by atoms with Crippen LogP contribution in [-0.4, -0.2) is 33.7 Å². The lowest BCUT2D eigenvalue weighted by Crippen LogP contribution is -2.35. The number of aromatic nitrogens is 2. The molecular weight excluding hydrogens is 280 g/mol. The Hall–Kier alpha value is -2.37. The molecule has 2 aromatic rings. The van der Waals surface area contributed by atoms with Crippen molar-refractivity contribution < 1.29 is 9.63 Å². The Balaban J connectivity index is 1.87. The number of oxime groups is 1. The molecule has 0 radical (unpaired) electrons. The number of carbonyl (C=O) groups excluding carboxylic acids is 1. The molecule has 0 saturated heterocycles. The van der Waals surface area contributed by atoms with Crippen molar-refractivity contribution in [3.63, 3.8) is 0 Å². The fourth-order valence-corrected chi connectivity index (χ4v) is 2.01. The summed E-state index contributed by atoms with van der Waals surface area (Å²) in [5, 5.41) is 6.64. The van der Waals surface area contributed by atoms with Crippen LogP contribution >= 0.6 is 0 Å². The Kier molecular flexibility index (Phi) is 5.14. The number of nitrogens with zero attached hydrogens (tertiary/aromatic N) is 3. The zero-order valence-electron chi connectivity index (χ0n) is 13.5. The number of carbonyl (C=O) groups is 1. The molecule has 118 valence electrons. The number of pyridine rings is 1. The molecule has 0 fully saturated rings. The Bertz CT molecular complexity index is 687. The van der Waals surface area contributed by atoms with Gasteiger partial charge in [-0.1, -0.05) is 5.16 Å². The molecule has 0 aromatic carbocycles. The third-order valence-corrected chi connectivity index (χ3v) is 3.19. The van der Waals surface area contributed by atoms with E-state index in [-0.39, 0.29) is 5.91 Å². The standard InChI is InChI=1S/C16H22N4O2/c1-11(2)19-22-13(4)16(21)17-7-5-14-10-18-15-9-12(3)6-8-20(14)15/h6,8-10,13H,5,7H2,1-4H3,(H,17,21). The fourth-order valence-electron chi connectivity index (χ4n) is 2.01. The highest BCUT2D eigenvalue weighted by Gasteiger charge is 2.13. The molecule has 2 rings (SSSR count). The molecule has 0 bridgehead atoms. The number of amides is 1. The van der Waals surface area contributed by atoms with Gasteiger partial charge in [-0.2, -0.15) is 0 Å². The number of imidazole rings is 1. The molecule has 1 amide bonds. The first kappa shape index (κ1) is 16.0. The predicted octanol–water partition coefficient (Wildman–Crippen LogP) is 2.10. The highest BCUT2D eigenvalue weighted by atomic mass is 16.6. The van der Waals surface area contributed by atoms with Crippen LogP contribution in [0.15, 0.2) is 29.7 Å². The van der Waals surface area contributed by atoms with Crippen molar-refractivity contribution in [2.24, 2.45) is 5.16 Å². The van der Waals surface area contributed by atoms with Gasteiger partial charge in [-0.15, -0.1) is 0 Å². The Labute approximate surface area is 130 Å². The number of fused-ring (bicyclic) bond motifs is 1. The second-order valence-electron chi connectivity index (χ2n) is 5.51. The van der Waals surface area contributed by atoms with E-state index in [0.717, 1.165) is 17.1 Å². The van der Waals surface area contributed by atoms with E-state index in [1.807, 2.05) is 49.7 Å². The Morgan fingerprint density at radius 3 is 3.00 bits per heavy atom. The first-order chi connectivity index (χ1) is 10.5. The summed E-state index contributed by atoms with van der Waals surface area (Å²) in [4.78, 5) is 21.3. The van der Waals surface area contributed by atoms with E-state index < -0.39 is 6.10 Å². The summed E-state index contributed by atoms with van der Waals surface area (Å²) in [6.07, 6.45) is 3.95. The van der Waals surface area contributed by atoms with E-state index >= 15 is 0 Å². The first-order valence-corrected chi connectivity index (χ1v) is 7.34. The summed E-state index contributed by atoms with van der Waals surface area (Å²) in [6, 6.07) is 4.07. The van der Waals surface area contributed by atoms with Crippen LogP contribution in [0.3, 0.4) is 0 Å². The van der Waals surface area contributed by atoms with Crippen molar-refractivity contribution in [1.82, 2.24) is 14.7 Å². The lowest BCUT2D eigenvalue weighted by Gasteiger charge is -2.10. The van der Waals surface area contributed by atoms with Crippen LogP contribution in [-0.2, 0) is 16.1 Å². The zero-order chi connectivity index (χ0) is 16.1. The SMILES string of the molecule is CC(C)=NOC(C)C(=O)NCCc1cnc2cc(C)ccn12. The van der Waals surface area contributed by atoms with Gasteiger partial charge >= 0.3 is 0 Å². The van der Waals surface area contributed by atoms with Crippen LogP contribution in [0, 0.1) is 6.92 Å². The molecule has 6 heteroatoms. The molecule has 0 aliphatic rings. The second kappa shape index (κ2) is 7.06. The molecular formula is C16H22N4O2. The van der Waals surface area contributed by atoms with E-state index in [1.54, 1.807) is 6.92 Å². The minimum absolute atomic E-state index is 0.172. The van der Waals surface area contributed by atoms with Crippen molar-refractivity contribution in [1.29, 1.82) is 0 Å². The summed E-state index contributed by atoms with van der Waals surface area (Å²) >= 11 is 0. The third kappa shape index (κ3) is 4.07. The van der Waals surface area contributed by atoms with Crippen molar-refractivity contribution in [3.8, 4) is 0 Å². The number of aryl methyl sites for hydroxylation is 1. The van der Waals surface area contributed by atoms with E-state index in [9.17, 15) is 4.79 Å². The van der Waals surface area contributed by atoms with Crippen LogP contribution in [0.1, 0.15) is 32.0 Å². The molecule has 1 N–H and O–H groups in total. The summed E-state index contributed by atoms with van der Waals surface area (Å²) in [6.45, 7) is 7.88. The topological polar surface area (TPSA) is 68.0 Å². The van der Waals surface area contributed by atoms with Gasteiger partial charge in [0, 0.05) is 31.1 Å². The van der Waals surface area contributed by atoms with Gasteiger partial charge < -0.3 is 14.6 Å². The molecule has 0 saturated carbocycles. The third-order valence-electron chi connectivity index (χ3n) is 3.19. The first-order valence-electron chi connectivity index (χ1n) is 7.34. The molecule has 1 atom stereocenters. The Morgan fingerprint density at radius 1 is 1.50 bits per heavy atom. The minimum atomic E-state index is -0.597.